The minimum absolute atomic E-state index is 0.761. The minimum Gasteiger partial charge on any atom is -0.381 e. The maximum absolute atomic E-state index is 5.34. The fraction of sp³-hybridized carbons (Fsp3) is 1.00. The van der Waals surface area contributed by atoms with Crippen LogP contribution in [0, 0.1) is 5.92 Å². The van der Waals surface area contributed by atoms with Crippen LogP contribution in [0.4, 0.5) is 0 Å². The Morgan fingerprint density at radius 3 is 2.67 bits per heavy atom. The lowest BCUT2D eigenvalue weighted by atomic mass is 10.1. The van der Waals surface area contributed by atoms with Crippen molar-refractivity contribution in [3.63, 3.8) is 0 Å². The van der Waals surface area contributed by atoms with E-state index in [4.69, 9.17) is 4.74 Å². The van der Waals surface area contributed by atoms with Crippen LogP contribution in [-0.4, -0.2) is 38.9 Å². The van der Waals surface area contributed by atoms with E-state index >= 15 is 0 Å². The average Bonchev–Trinajstić information content (AvgIpc) is 2.88. The third kappa shape index (κ3) is 4.09. The van der Waals surface area contributed by atoms with Crippen molar-refractivity contribution in [1.82, 2.24) is 10.6 Å². The molecule has 1 saturated carbocycles. The maximum atomic E-state index is 5.34. The van der Waals surface area contributed by atoms with Crippen molar-refractivity contribution in [2.24, 2.45) is 5.92 Å². The molecule has 2 fully saturated rings. The van der Waals surface area contributed by atoms with Crippen molar-refractivity contribution in [2.45, 2.75) is 38.1 Å². The lowest BCUT2D eigenvalue weighted by Crippen LogP contribution is -2.35. The highest BCUT2D eigenvalue weighted by Crippen LogP contribution is 2.17. The first-order chi connectivity index (χ1) is 7.45. The second kappa shape index (κ2) is 6.46. The average molecular weight is 212 g/mol. The number of hydrogen-bond donors (Lipinski definition) is 2. The molecule has 3 nitrogen and oxygen atoms in total. The van der Waals surface area contributed by atoms with Crippen molar-refractivity contribution >= 4 is 0 Å². The van der Waals surface area contributed by atoms with E-state index < -0.39 is 0 Å². The van der Waals surface area contributed by atoms with Gasteiger partial charge in [0.15, 0.2) is 0 Å². The Morgan fingerprint density at radius 1 is 1.07 bits per heavy atom. The number of ether oxygens (including phenoxy) is 1. The summed E-state index contributed by atoms with van der Waals surface area (Å²) < 4.78 is 5.34. The van der Waals surface area contributed by atoms with Gasteiger partial charge in [-0.15, -0.1) is 0 Å². The molecule has 0 amide bonds. The molecule has 1 heterocycles. The summed E-state index contributed by atoms with van der Waals surface area (Å²) in [6, 6.07) is 0.807. The molecule has 3 heteroatoms. The fourth-order valence-corrected chi connectivity index (χ4v) is 2.55. The van der Waals surface area contributed by atoms with E-state index in [0.717, 1.165) is 44.8 Å². The lowest BCUT2D eigenvalue weighted by molar-refractivity contribution is 0.185. The maximum Gasteiger partial charge on any atom is 0.0507 e. The first-order valence-corrected chi connectivity index (χ1v) is 6.47. The minimum atomic E-state index is 0.761. The second-order valence-electron chi connectivity index (χ2n) is 4.87. The second-order valence-corrected chi connectivity index (χ2v) is 4.87. The molecular weight excluding hydrogens is 188 g/mol. The molecule has 0 spiro atoms. The summed E-state index contributed by atoms with van der Waals surface area (Å²) in [5, 5.41) is 7.12. The van der Waals surface area contributed by atoms with E-state index in [1.165, 1.54) is 32.1 Å². The van der Waals surface area contributed by atoms with Gasteiger partial charge in [0.2, 0.25) is 0 Å². The Balaban J connectivity index is 1.41. The third-order valence-corrected chi connectivity index (χ3v) is 3.55. The van der Waals surface area contributed by atoms with Crippen LogP contribution < -0.4 is 10.6 Å². The molecule has 1 aliphatic heterocycles. The van der Waals surface area contributed by atoms with Gasteiger partial charge in [-0.05, 0) is 25.2 Å². The molecule has 0 aromatic carbocycles. The molecule has 15 heavy (non-hydrogen) atoms. The first kappa shape index (κ1) is 11.4. The first-order valence-electron chi connectivity index (χ1n) is 6.47. The van der Waals surface area contributed by atoms with Crippen LogP contribution in [0.1, 0.15) is 32.1 Å². The van der Waals surface area contributed by atoms with Gasteiger partial charge in [-0.1, -0.05) is 12.8 Å². The molecule has 2 rings (SSSR count). The molecule has 0 bridgehead atoms. The Hall–Kier alpha value is -0.120. The van der Waals surface area contributed by atoms with Gasteiger partial charge in [-0.25, -0.2) is 0 Å². The summed E-state index contributed by atoms with van der Waals surface area (Å²) in [6.07, 6.45) is 6.85. The quantitative estimate of drug-likeness (QED) is 0.648. The predicted molar refractivity (Wildman–Crippen MR) is 62.1 cm³/mol. The highest BCUT2D eigenvalue weighted by molar-refractivity contribution is 4.74. The molecule has 88 valence electrons. The Kier molecular flexibility index (Phi) is 4.90. The zero-order valence-electron chi connectivity index (χ0n) is 9.63. The number of hydrogen-bond acceptors (Lipinski definition) is 3. The molecule has 1 aliphatic carbocycles. The molecule has 0 aromatic rings. The van der Waals surface area contributed by atoms with E-state index in [9.17, 15) is 0 Å². The van der Waals surface area contributed by atoms with Gasteiger partial charge in [0.25, 0.3) is 0 Å². The van der Waals surface area contributed by atoms with Gasteiger partial charge < -0.3 is 15.4 Å². The molecule has 2 N–H and O–H groups in total. The summed E-state index contributed by atoms with van der Waals surface area (Å²) in [5.74, 6) is 0.761. The molecule has 1 saturated heterocycles. The van der Waals surface area contributed by atoms with Crippen LogP contribution >= 0.6 is 0 Å². The van der Waals surface area contributed by atoms with E-state index in [1.54, 1.807) is 0 Å². The van der Waals surface area contributed by atoms with Crippen LogP contribution in [0.15, 0.2) is 0 Å². The van der Waals surface area contributed by atoms with Crippen molar-refractivity contribution in [2.75, 3.05) is 32.8 Å². The Bertz CT molecular complexity index is 145. The summed E-state index contributed by atoms with van der Waals surface area (Å²) >= 11 is 0. The topological polar surface area (TPSA) is 33.3 Å². The van der Waals surface area contributed by atoms with Crippen molar-refractivity contribution in [3.8, 4) is 0 Å². The van der Waals surface area contributed by atoms with Crippen LogP contribution in [0.5, 0.6) is 0 Å². The van der Waals surface area contributed by atoms with Crippen molar-refractivity contribution in [1.29, 1.82) is 0 Å². The van der Waals surface area contributed by atoms with Crippen LogP contribution in [0.3, 0.4) is 0 Å². The van der Waals surface area contributed by atoms with Gasteiger partial charge >= 0.3 is 0 Å². The lowest BCUT2D eigenvalue weighted by Gasteiger charge is -2.13. The molecule has 0 radical (unpaired) electrons. The van der Waals surface area contributed by atoms with Gasteiger partial charge in [-0.3, -0.25) is 0 Å². The molecule has 1 atom stereocenters. The largest absolute Gasteiger partial charge is 0.381 e. The van der Waals surface area contributed by atoms with Crippen LogP contribution in [0.2, 0.25) is 0 Å². The highest BCUT2D eigenvalue weighted by atomic mass is 16.5. The SMILES string of the molecule is C1CCC(NCCNCC2CCOC2)C1. The Labute approximate surface area is 93.0 Å². The molecular formula is C12H24N2O. The fourth-order valence-electron chi connectivity index (χ4n) is 2.55. The summed E-state index contributed by atoms with van der Waals surface area (Å²) in [7, 11) is 0. The van der Waals surface area contributed by atoms with E-state index in [-0.39, 0.29) is 0 Å². The summed E-state index contributed by atoms with van der Waals surface area (Å²) in [6.45, 7) is 5.29. The smallest absolute Gasteiger partial charge is 0.0507 e. The normalized spacial score (nSPS) is 27.6. The zero-order valence-corrected chi connectivity index (χ0v) is 9.63. The van der Waals surface area contributed by atoms with Crippen LogP contribution in [0.25, 0.3) is 0 Å². The molecule has 2 aliphatic rings. The highest BCUT2D eigenvalue weighted by Gasteiger charge is 2.15. The summed E-state index contributed by atoms with van der Waals surface area (Å²) in [4.78, 5) is 0. The molecule has 1 unspecified atom stereocenters. The molecule has 0 aromatic heterocycles. The zero-order chi connectivity index (χ0) is 10.3. The van der Waals surface area contributed by atoms with Gasteiger partial charge in [0.1, 0.15) is 0 Å². The van der Waals surface area contributed by atoms with Gasteiger partial charge in [0.05, 0.1) is 6.61 Å². The third-order valence-electron chi connectivity index (χ3n) is 3.55. The predicted octanol–water partition coefficient (Wildman–Crippen LogP) is 1.14. The van der Waals surface area contributed by atoms with Crippen molar-refractivity contribution in [3.05, 3.63) is 0 Å². The standard InChI is InChI=1S/C12H24N2O/c1-2-4-12(3-1)14-7-6-13-9-11-5-8-15-10-11/h11-14H,1-10H2. The number of nitrogens with one attached hydrogen (secondary N) is 2. The van der Waals surface area contributed by atoms with Gasteiger partial charge in [0, 0.05) is 32.3 Å². The summed E-state index contributed by atoms with van der Waals surface area (Å²) in [5.41, 5.74) is 0. The van der Waals surface area contributed by atoms with E-state index in [0.29, 0.717) is 0 Å². The van der Waals surface area contributed by atoms with Gasteiger partial charge in [-0.2, -0.15) is 0 Å². The van der Waals surface area contributed by atoms with E-state index in [2.05, 4.69) is 10.6 Å². The Morgan fingerprint density at radius 2 is 1.93 bits per heavy atom. The van der Waals surface area contributed by atoms with E-state index in [1.807, 2.05) is 0 Å². The number of rotatable bonds is 6. The monoisotopic (exact) mass is 212 g/mol. The van der Waals surface area contributed by atoms with Crippen molar-refractivity contribution < 1.29 is 4.74 Å². The van der Waals surface area contributed by atoms with Crippen LogP contribution in [-0.2, 0) is 4.74 Å².